The predicted molar refractivity (Wildman–Crippen MR) is 34.9 cm³/mol. The van der Waals surface area contributed by atoms with Gasteiger partial charge in [-0.1, -0.05) is 4.57 Å². The standard InChI is InChI=1S/C3H4N2.Mg.HO3P.H2O/c1-2-5-3-4-1;;1-4(2)3;/h1-3H,(H,4,5);;(H,1,2,3);1H2/q;+2;;/p-1. The third-order valence-corrected chi connectivity index (χ3v) is 0.455. The number of nitrogens with zero attached hydrogens (tertiary/aromatic N) is 1. The summed E-state index contributed by atoms with van der Waals surface area (Å²) in [7, 11) is -3.37. The van der Waals surface area contributed by atoms with E-state index in [4.69, 9.17) is 14.4 Å². The summed E-state index contributed by atoms with van der Waals surface area (Å²) in [5, 5.41) is 1.89. The van der Waals surface area contributed by atoms with Gasteiger partial charge in [0.05, 0.1) is 6.20 Å². The monoisotopic (exact) mass is 189 g/mol. The Morgan fingerprint density at radius 2 is 1.91 bits per heavy atom. The van der Waals surface area contributed by atoms with Gasteiger partial charge in [-0.3, -0.25) is 5.32 Å². The van der Waals surface area contributed by atoms with Crippen LogP contribution in [0.2, 0.25) is 0 Å². The first-order chi connectivity index (χ1) is 4.23. The molecule has 1 heterocycles. The average molecular weight is 189 g/mol. The molecule has 1 rings (SSSR count). The van der Waals surface area contributed by atoms with Gasteiger partial charge in [-0.25, -0.2) is 4.99 Å². The van der Waals surface area contributed by atoms with Gasteiger partial charge in [0.15, 0.2) is 6.34 Å². The van der Waals surface area contributed by atoms with Crippen LogP contribution in [0.3, 0.4) is 0 Å². The van der Waals surface area contributed by atoms with Gasteiger partial charge in [0, 0.05) is 0 Å². The van der Waals surface area contributed by atoms with E-state index < -0.39 is 8.25 Å². The second-order valence-corrected chi connectivity index (χ2v) is 1.50. The van der Waals surface area contributed by atoms with Crippen molar-refractivity contribution in [3.05, 3.63) is 12.4 Å². The van der Waals surface area contributed by atoms with E-state index in [1.54, 1.807) is 12.5 Å². The summed E-state index contributed by atoms with van der Waals surface area (Å²) in [5.41, 5.74) is 0. The smallest absolute Gasteiger partial charge is 0.870 e. The molecule has 8 heteroatoms. The summed E-state index contributed by atoms with van der Waals surface area (Å²) in [4.78, 5) is 20.7. The van der Waals surface area contributed by atoms with Crippen LogP contribution < -0.4 is 15.1 Å². The fourth-order valence-corrected chi connectivity index (χ4v) is 0.248. The van der Waals surface area contributed by atoms with E-state index in [1.165, 1.54) is 0 Å². The maximum Gasteiger partial charge on any atom is 2.00 e. The van der Waals surface area contributed by atoms with Crippen molar-refractivity contribution < 1.29 is 25.1 Å². The summed E-state index contributed by atoms with van der Waals surface area (Å²) in [6.07, 6.45) is 5.39. The van der Waals surface area contributed by atoms with Crippen molar-refractivity contribution in [1.29, 1.82) is 0 Å². The SMILES string of the molecule is C1=C[NH2+]C=N1.O=[P+]([O-])[O-].[Mg+2].[OH-]. The van der Waals surface area contributed by atoms with Crippen LogP contribution in [0, 0.1) is 0 Å². The summed E-state index contributed by atoms with van der Waals surface area (Å²) >= 11 is 0. The van der Waals surface area contributed by atoms with Crippen LogP contribution in [-0.2, 0) is 4.57 Å². The zero-order valence-electron chi connectivity index (χ0n) is 5.58. The first kappa shape index (κ1) is 17.3. The third kappa shape index (κ3) is 25.5. The first-order valence-corrected chi connectivity index (χ1v) is 3.16. The predicted octanol–water partition coefficient (Wildman–Crippen LogP) is -3.13. The van der Waals surface area contributed by atoms with Crippen LogP contribution in [0.15, 0.2) is 17.4 Å². The molecule has 1 aliphatic rings. The van der Waals surface area contributed by atoms with Crippen molar-refractivity contribution in [3.63, 3.8) is 0 Å². The van der Waals surface area contributed by atoms with Gasteiger partial charge < -0.3 is 15.3 Å². The normalized spacial score (nSPS) is 10.4. The zero-order valence-corrected chi connectivity index (χ0v) is 7.89. The van der Waals surface area contributed by atoms with E-state index in [-0.39, 0.29) is 28.5 Å². The Kier molecular flexibility index (Phi) is 20.0. The van der Waals surface area contributed by atoms with Gasteiger partial charge >= 0.3 is 23.1 Å². The molecule has 6 nitrogen and oxygen atoms in total. The Morgan fingerprint density at radius 1 is 1.45 bits per heavy atom. The molecule has 0 aromatic carbocycles. The average Bonchev–Trinajstić information content (AvgIpc) is 2.11. The van der Waals surface area contributed by atoms with Crippen molar-refractivity contribution in [2.24, 2.45) is 4.99 Å². The molecule has 0 unspecified atom stereocenters. The van der Waals surface area contributed by atoms with E-state index in [2.05, 4.69) is 4.99 Å². The second-order valence-electron chi connectivity index (χ2n) is 1.06. The van der Waals surface area contributed by atoms with Crippen molar-refractivity contribution in [3.8, 4) is 0 Å². The number of aliphatic imine (C=N–C) groups is 1. The Labute approximate surface area is 80.4 Å². The molecular formula is C3H6MgN2O4P+. The van der Waals surface area contributed by atoms with E-state index in [0.29, 0.717) is 0 Å². The minimum Gasteiger partial charge on any atom is -0.870 e. The van der Waals surface area contributed by atoms with Crippen molar-refractivity contribution >= 4 is 37.6 Å². The van der Waals surface area contributed by atoms with E-state index >= 15 is 0 Å². The molecule has 0 aromatic rings. The van der Waals surface area contributed by atoms with E-state index in [9.17, 15) is 0 Å². The number of hydrogen-bond donors (Lipinski definition) is 1. The van der Waals surface area contributed by atoms with Crippen LogP contribution in [0.4, 0.5) is 0 Å². The number of nitrogens with two attached hydrogens (primary N) is 1. The molecule has 0 saturated carbocycles. The van der Waals surface area contributed by atoms with Gasteiger partial charge in [-0.05, 0) is 0 Å². The van der Waals surface area contributed by atoms with Crippen molar-refractivity contribution in [2.75, 3.05) is 0 Å². The van der Waals surface area contributed by atoms with Gasteiger partial charge in [0.2, 0.25) is 0 Å². The molecular weight excluding hydrogens is 183 g/mol. The van der Waals surface area contributed by atoms with E-state index in [1.807, 2.05) is 11.5 Å². The zero-order chi connectivity index (χ0) is 7.11. The largest absolute Gasteiger partial charge is 2.00 e. The Morgan fingerprint density at radius 3 is 2.00 bits per heavy atom. The maximum atomic E-state index is 8.48. The minimum atomic E-state index is -3.37. The third-order valence-electron chi connectivity index (χ3n) is 0.455. The first-order valence-electron chi connectivity index (χ1n) is 2.06. The minimum absolute atomic E-state index is 0. The molecule has 11 heavy (non-hydrogen) atoms. The van der Waals surface area contributed by atoms with Gasteiger partial charge in [0.1, 0.15) is 6.20 Å². The fourth-order valence-electron chi connectivity index (χ4n) is 0.248. The molecule has 0 bridgehead atoms. The van der Waals surface area contributed by atoms with Crippen molar-refractivity contribution in [1.82, 2.24) is 0 Å². The molecule has 0 fully saturated rings. The number of rotatable bonds is 0. The fraction of sp³-hybridized carbons (Fsp3) is 0. The summed E-state index contributed by atoms with van der Waals surface area (Å²) in [6, 6.07) is 0. The van der Waals surface area contributed by atoms with Gasteiger partial charge in [0.25, 0.3) is 8.25 Å². The molecule has 0 aromatic heterocycles. The van der Waals surface area contributed by atoms with Gasteiger partial charge in [-0.15, -0.1) is 0 Å². The number of hydrogen-bond acceptors (Lipinski definition) is 5. The summed E-state index contributed by atoms with van der Waals surface area (Å²) < 4.78 is 8.48. The van der Waals surface area contributed by atoms with Crippen LogP contribution in [0.5, 0.6) is 0 Å². The molecule has 0 spiro atoms. The Hall–Kier alpha value is 0.116. The Bertz CT molecular complexity index is 136. The topological polar surface area (TPSA) is 122 Å². The van der Waals surface area contributed by atoms with Gasteiger partial charge in [-0.2, -0.15) is 0 Å². The number of quaternary nitrogens is 1. The van der Waals surface area contributed by atoms with Crippen LogP contribution >= 0.6 is 8.25 Å². The molecule has 1 aliphatic heterocycles. The van der Waals surface area contributed by atoms with Crippen molar-refractivity contribution in [2.45, 2.75) is 0 Å². The summed E-state index contributed by atoms with van der Waals surface area (Å²) in [6.45, 7) is 0. The molecule has 0 atom stereocenters. The molecule has 0 radical (unpaired) electrons. The van der Waals surface area contributed by atoms with Crippen LogP contribution in [-0.4, -0.2) is 34.9 Å². The molecule has 58 valence electrons. The van der Waals surface area contributed by atoms with Crippen LogP contribution in [0.1, 0.15) is 0 Å². The van der Waals surface area contributed by atoms with E-state index in [0.717, 1.165) is 0 Å². The molecule has 0 aliphatic carbocycles. The quantitative estimate of drug-likeness (QED) is 0.320. The second kappa shape index (κ2) is 12.8. The molecule has 0 amide bonds. The maximum absolute atomic E-state index is 8.48. The molecule has 3 N–H and O–H groups in total. The summed E-state index contributed by atoms with van der Waals surface area (Å²) in [5.74, 6) is 0. The van der Waals surface area contributed by atoms with Crippen LogP contribution in [0.25, 0.3) is 0 Å². The Balaban J connectivity index is -0.000000101. The molecule has 0 saturated heterocycles.